The largest absolute Gasteiger partial charge is 0.363 e. The van der Waals surface area contributed by atoms with Gasteiger partial charge in [0, 0.05) is 6.54 Å². The number of anilines is 1. The smallest absolute Gasteiger partial charge is 0.115 e. The third-order valence-electron chi connectivity index (χ3n) is 2.73. The highest BCUT2D eigenvalue weighted by Crippen LogP contribution is 2.25. The van der Waals surface area contributed by atoms with Crippen molar-refractivity contribution in [2.45, 2.75) is 12.7 Å². The minimum atomic E-state index is 0.155. The third kappa shape index (κ3) is 1.63. The van der Waals surface area contributed by atoms with Crippen molar-refractivity contribution in [1.82, 2.24) is 15.3 Å². The zero-order valence-electron chi connectivity index (χ0n) is 8.72. The lowest BCUT2D eigenvalue weighted by molar-refractivity contribution is 0.645. The number of nitrogens with zero attached hydrogens (tertiary/aromatic N) is 2. The van der Waals surface area contributed by atoms with E-state index in [0.717, 1.165) is 12.2 Å². The summed E-state index contributed by atoms with van der Waals surface area (Å²) in [5.74, 6) is 0. The summed E-state index contributed by atoms with van der Waals surface area (Å²) < 4.78 is 0. The predicted octanol–water partition coefficient (Wildman–Crippen LogP) is 1.69. The molecule has 1 aliphatic rings. The van der Waals surface area contributed by atoms with Crippen LogP contribution in [0.15, 0.2) is 43.0 Å². The number of benzene rings is 1. The Bertz CT molecular complexity index is 483. The summed E-state index contributed by atoms with van der Waals surface area (Å²) in [5.41, 5.74) is 3.57. The molecule has 0 bridgehead atoms. The van der Waals surface area contributed by atoms with Gasteiger partial charge in [-0.3, -0.25) is 5.32 Å². The maximum absolute atomic E-state index is 3.98. The van der Waals surface area contributed by atoms with Gasteiger partial charge in [0.25, 0.3) is 0 Å². The fourth-order valence-electron chi connectivity index (χ4n) is 1.97. The standard InChI is InChI=1S/C12H12N4/c1-2-4-11-9(3-1)5-15-12(11)16-10-6-13-8-14-7-10/h1-4,6-8,12,15-16H,5H2. The second-order valence-electron chi connectivity index (χ2n) is 3.78. The average Bonchev–Trinajstić information content (AvgIpc) is 2.74. The minimum absolute atomic E-state index is 0.155. The van der Waals surface area contributed by atoms with Crippen molar-refractivity contribution >= 4 is 5.69 Å². The Hall–Kier alpha value is -1.94. The van der Waals surface area contributed by atoms with E-state index in [0.29, 0.717) is 0 Å². The van der Waals surface area contributed by atoms with Gasteiger partial charge in [0.15, 0.2) is 0 Å². The van der Waals surface area contributed by atoms with E-state index in [1.807, 2.05) is 0 Å². The van der Waals surface area contributed by atoms with Crippen molar-refractivity contribution in [2.24, 2.45) is 0 Å². The van der Waals surface area contributed by atoms with E-state index in [-0.39, 0.29) is 6.17 Å². The van der Waals surface area contributed by atoms with Crippen LogP contribution in [0.2, 0.25) is 0 Å². The lowest BCUT2D eigenvalue weighted by Crippen LogP contribution is -2.20. The Kier molecular flexibility index (Phi) is 2.27. The zero-order chi connectivity index (χ0) is 10.8. The Morgan fingerprint density at radius 1 is 1.19 bits per heavy atom. The fraction of sp³-hybridized carbons (Fsp3) is 0.167. The molecule has 0 fully saturated rings. The second kappa shape index (κ2) is 3.90. The van der Waals surface area contributed by atoms with Crippen molar-refractivity contribution in [3.05, 3.63) is 54.1 Å². The normalized spacial score (nSPS) is 18.1. The van der Waals surface area contributed by atoms with Gasteiger partial charge in [-0.05, 0) is 11.1 Å². The zero-order valence-corrected chi connectivity index (χ0v) is 8.72. The monoisotopic (exact) mass is 212 g/mol. The maximum atomic E-state index is 3.98. The van der Waals surface area contributed by atoms with Crippen LogP contribution in [0.3, 0.4) is 0 Å². The van der Waals surface area contributed by atoms with Crippen LogP contribution in [0.1, 0.15) is 17.3 Å². The van der Waals surface area contributed by atoms with E-state index >= 15 is 0 Å². The summed E-state index contributed by atoms with van der Waals surface area (Å²) in [6.45, 7) is 0.904. The Morgan fingerprint density at radius 3 is 2.88 bits per heavy atom. The Balaban J connectivity index is 1.84. The molecule has 1 aromatic heterocycles. The molecule has 1 aromatic carbocycles. The first-order valence-corrected chi connectivity index (χ1v) is 5.26. The molecule has 0 radical (unpaired) electrons. The van der Waals surface area contributed by atoms with Gasteiger partial charge in [0.2, 0.25) is 0 Å². The quantitative estimate of drug-likeness (QED) is 0.795. The number of hydrogen-bond donors (Lipinski definition) is 2. The number of aromatic nitrogens is 2. The van der Waals surface area contributed by atoms with Gasteiger partial charge in [-0.2, -0.15) is 0 Å². The number of fused-ring (bicyclic) bond motifs is 1. The molecular weight excluding hydrogens is 200 g/mol. The molecular formula is C12H12N4. The first-order chi connectivity index (χ1) is 7.93. The molecule has 4 heteroatoms. The molecule has 3 rings (SSSR count). The van der Waals surface area contributed by atoms with E-state index in [2.05, 4.69) is 44.9 Å². The molecule has 0 amide bonds. The number of nitrogens with one attached hydrogen (secondary N) is 2. The van der Waals surface area contributed by atoms with Crippen LogP contribution >= 0.6 is 0 Å². The summed E-state index contributed by atoms with van der Waals surface area (Å²) in [4.78, 5) is 7.96. The number of rotatable bonds is 2. The van der Waals surface area contributed by atoms with Crippen LogP contribution in [-0.4, -0.2) is 9.97 Å². The lowest BCUT2D eigenvalue weighted by atomic mass is 10.1. The molecule has 1 aliphatic heterocycles. The molecule has 2 N–H and O–H groups in total. The van der Waals surface area contributed by atoms with Gasteiger partial charge in [-0.1, -0.05) is 24.3 Å². The summed E-state index contributed by atoms with van der Waals surface area (Å²) in [7, 11) is 0. The van der Waals surface area contributed by atoms with E-state index in [4.69, 9.17) is 0 Å². The van der Waals surface area contributed by atoms with E-state index in [9.17, 15) is 0 Å². The van der Waals surface area contributed by atoms with Crippen molar-refractivity contribution < 1.29 is 0 Å². The van der Waals surface area contributed by atoms with E-state index < -0.39 is 0 Å². The number of hydrogen-bond acceptors (Lipinski definition) is 4. The molecule has 1 unspecified atom stereocenters. The summed E-state index contributed by atoms with van der Waals surface area (Å²) in [6.07, 6.45) is 5.23. The molecule has 2 heterocycles. The van der Waals surface area contributed by atoms with Crippen LogP contribution in [0, 0.1) is 0 Å². The molecule has 0 saturated heterocycles. The van der Waals surface area contributed by atoms with Crippen molar-refractivity contribution in [1.29, 1.82) is 0 Å². The van der Waals surface area contributed by atoms with Crippen LogP contribution in [0.25, 0.3) is 0 Å². The second-order valence-corrected chi connectivity index (χ2v) is 3.78. The van der Waals surface area contributed by atoms with Crippen molar-refractivity contribution in [3.63, 3.8) is 0 Å². The van der Waals surface area contributed by atoms with Gasteiger partial charge in [-0.25, -0.2) is 9.97 Å². The van der Waals surface area contributed by atoms with E-state index in [1.54, 1.807) is 12.4 Å². The van der Waals surface area contributed by atoms with E-state index in [1.165, 1.54) is 17.5 Å². The lowest BCUT2D eigenvalue weighted by Gasteiger charge is -2.14. The Labute approximate surface area is 93.8 Å². The van der Waals surface area contributed by atoms with Gasteiger partial charge in [0.05, 0.1) is 18.1 Å². The molecule has 4 nitrogen and oxygen atoms in total. The summed E-state index contributed by atoms with van der Waals surface area (Å²) >= 11 is 0. The first kappa shape index (κ1) is 9.30. The average molecular weight is 212 g/mol. The minimum Gasteiger partial charge on any atom is -0.363 e. The van der Waals surface area contributed by atoms with Crippen LogP contribution < -0.4 is 10.6 Å². The molecule has 80 valence electrons. The van der Waals surface area contributed by atoms with Gasteiger partial charge < -0.3 is 5.32 Å². The topological polar surface area (TPSA) is 49.8 Å². The van der Waals surface area contributed by atoms with Crippen molar-refractivity contribution in [3.8, 4) is 0 Å². The predicted molar refractivity (Wildman–Crippen MR) is 61.7 cm³/mol. The third-order valence-corrected chi connectivity index (χ3v) is 2.73. The van der Waals surface area contributed by atoms with Crippen LogP contribution in [0.5, 0.6) is 0 Å². The molecule has 0 saturated carbocycles. The SMILES string of the molecule is c1ccc2c(c1)CNC2Nc1cncnc1. The van der Waals surface area contributed by atoms with Gasteiger partial charge >= 0.3 is 0 Å². The van der Waals surface area contributed by atoms with Gasteiger partial charge in [0.1, 0.15) is 12.5 Å². The summed E-state index contributed by atoms with van der Waals surface area (Å²) in [5, 5.41) is 6.76. The molecule has 0 aliphatic carbocycles. The molecule has 0 spiro atoms. The van der Waals surface area contributed by atoms with Gasteiger partial charge in [-0.15, -0.1) is 0 Å². The first-order valence-electron chi connectivity index (χ1n) is 5.26. The maximum Gasteiger partial charge on any atom is 0.115 e. The highest BCUT2D eigenvalue weighted by Gasteiger charge is 2.20. The molecule has 2 aromatic rings. The highest BCUT2D eigenvalue weighted by atomic mass is 15.1. The highest BCUT2D eigenvalue weighted by molar-refractivity contribution is 5.44. The van der Waals surface area contributed by atoms with Crippen molar-refractivity contribution in [2.75, 3.05) is 5.32 Å². The summed E-state index contributed by atoms with van der Waals surface area (Å²) in [6, 6.07) is 8.40. The molecule has 1 atom stereocenters. The molecule has 16 heavy (non-hydrogen) atoms. The Morgan fingerprint density at radius 2 is 2.00 bits per heavy atom. The van der Waals surface area contributed by atoms with Crippen LogP contribution in [0.4, 0.5) is 5.69 Å². The fourth-order valence-corrected chi connectivity index (χ4v) is 1.97. The van der Waals surface area contributed by atoms with Crippen LogP contribution in [-0.2, 0) is 6.54 Å².